The van der Waals surface area contributed by atoms with Crippen LogP contribution in [0.2, 0.25) is 5.02 Å². The van der Waals surface area contributed by atoms with E-state index in [0.717, 1.165) is 16.5 Å². The average molecular weight is 327 g/mol. The zero-order chi connectivity index (χ0) is 12.9. The molecule has 0 saturated heterocycles. The molecule has 6 heteroatoms. The van der Waals surface area contributed by atoms with Gasteiger partial charge in [0.05, 0.1) is 27.6 Å². The van der Waals surface area contributed by atoms with Crippen LogP contribution in [0.1, 0.15) is 5.56 Å². The van der Waals surface area contributed by atoms with Crippen molar-refractivity contribution in [3.8, 4) is 0 Å². The maximum absolute atomic E-state index is 12.0. The molecule has 0 spiro atoms. The highest BCUT2D eigenvalue weighted by Crippen LogP contribution is 2.30. The van der Waals surface area contributed by atoms with Crippen molar-refractivity contribution in [2.45, 2.75) is 5.33 Å². The van der Waals surface area contributed by atoms with E-state index in [2.05, 4.69) is 26.0 Å². The van der Waals surface area contributed by atoms with Gasteiger partial charge in [-0.2, -0.15) is 5.10 Å². The Labute approximate surface area is 116 Å². The summed E-state index contributed by atoms with van der Waals surface area (Å²) in [6, 6.07) is 3.90. The van der Waals surface area contributed by atoms with E-state index in [4.69, 9.17) is 11.6 Å². The van der Waals surface area contributed by atoms with Gasteiger partial charge in [-0.25, -0.2) is 0 Å². The summed E-state index contributed by atoms with van der Waals surface area (Å²) in [5.74, 6) is 0. The minimum atomic E-state index is -0.167. The number of aromatic amines is 1. The van der Waals surface area contributed by atoms with Crippen LogP contribution in [0.4, 0.5) is 0 Å². The van der Waals surface area contributed by atoms with Gasteiger partial charge >= 0.3 is 0 Å². The molecule has 0 amide bonds. The predicted molar refractivity (Wildman–Crippen MR) is 76.5 cm³/mol. The molecule has 2 heterocycles. The summed E-state index contributed by atoms with van der Waals surface area (Å²) >= 11 is 9.68. The van der Waals surface area contributed by atoms with Crippen LogP contribution < -0.4 is 5.56 Å². The number of pyridine rings is 1. The van der Waals surface area contributed by atoms with Gasteiger partial charge in [0.25, 0.3) is 5.56 Å². The first-order chi connectivity index (χ1) is 8.63. The van der Waals surface area contributed by atoms with Crippen LogP contribution in [-0.4, -0.2) is 14.8 Å². The van der Waals surface area contributed by atoms with Gasteiger partial charge in [-0.1, -0.05) is 39.7 Å². The average Bonchev–Trinajstić information content (AvgIpc) is 2.74. The molecule has 1 N–H and O–H groups in total. The lowest BCUT2D eigenvalue weighted by molar-refractivity contribution is 0.799. The van der Waals surface area contributed by atoms with E-state index in [-0.39, 0.29) is 5.56 Å². The van der Waals surface area contributed by atoms with Crippen molar-refractivity contribution in [1.29, 1.82) is 0 Å². The molecule has 2 aromatic heterocycles. The summed E-state index contributed by atoms with van der Waals surface area (Å²) in [4.78, 5) is 14.8. The molecule has 0 fully saturated rings. The Balaban J connectivity index is 2.61. The Morgan fingerprint density at radius 2 is 2.22 bits per heavy atom. The Bertz CT molecular complexity index is 821. The fourth-order valence-electron chi connectivity index (χ4n) is 2.15. The number of halogens is 2. The normalized spacial score (nSPS) is 11.5. The number of fused-ring (bicyclic) bond motifs is 3. The van der Waals surface area contributed by atoms with Gasteiger partial charge in [-0.15, -0.1) is 0 Å². The Kier molecular flexibility index (Phi) is 2.68. The lowest BCUT2D eigenvalue weighted by Crippen LogP contribution is -2.07. The standard InChI is InChI=1S/C12H9BrClN3O/c1-17-11-7-3-2-6(4-13)9(14)10(7)16-12(18)8(11)5-15-17/h2-3,5H,4H2,1H3,(H,16,18). The van der Waals surface area contributed by atoms with E-state index < -0.39 is 0 Å². The first kappa shape index (κ1) is 11.7. The lowest BCUT2D eigenvalue weighted by atomic mass is 10.1. The zero-order valence-electron chi connectivity index (χ0n) is 9.50. The van der Waals surface area contributed by atoms with Crippen molar-refractivity contribution in [3.05, 3.63) is 39.3 Å². The first-order valence-electron chi connectivity index (χ1n) is 5.34. The van der Waals surface area contributed by atoms with Gasteiger partial charge in [-0.05, 0) is 5.56 Å². The van der Waals surface area contributed by atoms with E-state index in [1.807, 2.05) is 19.2 Å². The second kappa shape index (κ2) is 4.10. The topological polar surface area (TPSA) is 50.7 Å². The molecule has 0 aliphatic heterocycles. The van der Waals surface area contributed by atoms with Crippen molar-refractivity contribution in [1.82, 2.24) is 14.8 Å². The molecule has 4 nitrogen and oxygen atoms in total. The molecule has 0 bridgehead atoms. The highest BCUT2D eigenvalue weighted by molar-refractivity contribution is 9.08. The summed E-state index contributed by atoms with van der Waals surface area (Å²) < 4.78 is 1.69. The van der Waals surface area contributed by atoms with Gasteiger partial charge in [0.15, 0.2) is 0 Å². The summed E-state index contributed by atoms with van der Waals surface area (Å²) in [7, 11) is 1.81. The number of hydrogen-bond donors (Lipinski definition) is 1. The van der Waals surface area contributed by atoms with E-state index in [0.29, 0.717) is 21.3 Å². The second-order valence-corrected chi connectivity index (χ2v) is 5.02. The number of hydrogen-bond acceptors (Lipinski definition) is 2. The van der Waals surface area contributed by atoms with Crippen LogP contribution in [-0.2, 0) is 12.4 Å². The molecule has 0 aliphatic rings. The number of nitrogens with zero attached hydrogens (tertiary/aromatic N) is 2. The van der Waals surface area contributed by atoms with Crippen LogP contribution in [0.3, 0.4) is 0 Å². The number of aryl methyl sites for hydroxylation is 1. The highest BCUT2D eigenvalue weighted by Gasteiger charge is 2.13. The van der Waals surface area contributed by atoms with Crippen molar-refractivity contribution in [2.24, 2.45) is 7.05 Å². The number of nitrogens with one attached hydrogen (secondary N) is 1. The van der Waals surface area contributed by atoms with Gasteiger partial charge in [-0.3, -0.25) is 9.48 Å². The molecule has 0 atom stereocenters. The highest BCUT2D eigenvalue weighted by atomic mass is 79.9. The third-order valence-corrected chi connectivity index (χ3v) is 4.08. The SMILES string of the molecule is Cn1ncc2c(=O)[nH]c3c(Cl)c(CBr)ccc3c21. The molecule has 0 unspecified atom stereocenters. The van der Waals surface area contributed by atoms with Crippen molar-refractivity contribution < 1.29 is 0 Å². The van der Waals surface area contributed by atoms with Crippen molar-refractivity contribution in [2.75, 3.05) is 0 Å². The number of alkyl halides is 1. The largest absolute Gasteiger partial charge is 0.320 e. The molecule has 0 aliphatic carbocycles. The Morgan fingerprint density at radius 3 is 2.94 bits per heavy atom. The van der Waals surface area contributed by atoms with Crippen LogP contribution in [0, 0.1) is 0 Å². The number of benzene rings is 1. The van der Waals surface area contributed by atoms with Crippen molar-refractivity contribution >= 4 is 49.3 Å². The predicted octanol–water partition coefficient (Wildman–Crippen LogP) is 2.96. The number of H-pyrrole nitrogens is 1. The van der Waals surface area contributed by atoms with Crippen LogP contribution in [0.25, 0.3) is 21.8 Å². The first-order valence-corrected chi connectivity index (χ1v) is 6.84. The van der Waals surface area contributed by atoms with E-state index in [1.165, 1.54) is 0 Å². The van der Waals surface area contributed by atoms with E-state index in [9.17, 15) is 4.79 Å². The second-order valence-electron chi connectivity index (χ2n) is 4.08. The van der Waals surface area contributed by atoms with E-state index >= 15 is 0 Å². The molecule has 3 aromatic rings. The van der Waals surface area contributed by atoms with Gasteiger partial charge in [0.2, 0.25) is 0 Å². The fourth-order valence-corrected chi connectivity index (χ4v) is 3.05. The smallest absolute Gasteiger partial charge is 0.259 e. The third kappa shape index (κ3) is 1.51. The van der Waals surface area contributed by atoms with Crippen LogP contribution in [0.5, 0.6) is 0 Å². The monoisotopic (exact) mass is 325 g/mol. The minimum Gasteiger partial charge on any atom is -0.320 e. The lowest BCUT2D eigenvalue weighted by Gasteiger charge is -2.07. The maximum atomic E-state index is 12.0. The Hall–Kier alpha value is -1.33. The summed E-state index contributed by atoms with van der Waals surface area (Å²) in [6.45, 7) is 0. The van der Waals surface area contributed by atoms with Gasteiger partial charge in [0, 0.05) is 17.8 Å². The summed E-state index contributed by atoms with van der Waals surface area (Å²) in [5, 5.41) is 6.82. The van der Waals surface area contributed by atoms with Crippen molar-refractivity contribution in [3.63, 3.8) is 0 Å². The molecule has 18 heavy (non-hydrogen) atoms. The van der Waals surface area contributed by atoms with Crippen LogP contribution in [0.15, 0.2) is 23.1 Å². The molecule has 0 radical (unpaired) electrons. The molecular weight excluding hydrogens is 318 g/mol. The molecule has 0 saturated carbocycles. The molecular formula is C12H9BrClN3O. The number of aromatic nitrogens is 3. The Morgan fingerprint density at radius 1 is 1.44 bits per heavy atom. The molecule has 1 aromatic carbocycles. The minimum absolute atomic E-state index is 0.167. The fraction of sp³-hybridized carbons (Fsp3) is 0.167. The third-order valence-electron chi connectivity index (χ3n) is 3.04. The van der Waals surface area contributed by atoms with E-state index in [1.54, 1.807) is 10.9 Å². The molecule has 92 valence electrons. The van der Waals surface area contributed by atoms with Gasteiger partial charge in [0.1, 0.15) is 0 Å². The maximum Gasteiger partial charge on any atom is 0.259 e. The molecule has 3 rings (SSSR count). The van der Waals surface area contributed by atoms with Gasteiger partial charge < -0.3 is 4.98 Å². The zero-order valence-corrected chi connectivity index (χ0v) is 11.8. The quantitative estimate of drug-likeness (QED) is 0.699. The summed E-state index contributed by atoms with van der Waals surface area (Å²) in [6.07, 6.45) is 1.57. The van der Waals surface area contributed by atoms with Crippen LogP contribution >= 0.6 is 27.5 Å². The number of rotatable bonds is 1. The summed E-state index contributed by atoms with van der Waals surface area (Å²) in [5.41, 5.74) is 2.24.